The molecule has 0 unspecified atom stereocenters. The van der Waals surface area contributed by atoms with Crippen molar-refractivity contribution in [1.82, 2.24) is 15.2 Å². The first kappa shape index (κ1) is 19.5. The number of benzene rings is 1. The maximum atomic E-state index is 13.9. The number of anilines is 1. The van der Waals surface area contributed by atoms with Crippen molar-refractivity contribution >= 4 is 11.7 Å². The van der Waals surface area contributed by atoms with E-state index in [-0.39, 0.29) is 23.5 Å². The molecule has 1 fully saturated rings. The number of ether oxygens (including phenoxy) is 1. The molecule has 6 nitrogen and oxygen atoms in total. The molecule has 154 valence electrons. The van der Waals surface area contributed by atoms with Gasteiger partial charge in [0.1, 0.15) is 11.4 Å². The molecule has 0 bridgehead atoms. The van der Waals surface area contributed by atoms with Crippen molar-refractivity contribution in [2.24, 2.45) is 0 Å². The number of hydrogen-bond donors (Lipinski definition) is 1. The highest BCUT2D eigenvalue weighted by molar-refractivity contribution is 5.75. The molecule has 0 radical (unpaired) electrons. The molecule has 2 aliphatic rings. The molecule has 1 aromatic carbocycles. The van der Waals surface area contributed by atoms with Crippen molar-refractivity contribution < 1.29 is 13.9 Å². The maximum Gasteiger partial charge on any atom is 0.317 e. The summed E-state index contributed by atoms with van der Waals surface area (Å²) in [6, 6.07) is 7.47. The van der Waals surface area contributed by atoms with E-state index >= 15 is 0 Å². The van der Waals surface area contributed by atoms with E-state index in [9.17, 15) is 9.18 Å². The van der Waals surface area contributed by atoms with E-state index in [1.807, 2.05) is 24.0 Å². The molecule has 2 amide bonds. The predicted molar refractivity (Wildman–Crippen MR) is 110 cm³/mol. The number of fused-ring (bicyclic) bond motifs is 1. The minimum Gasteiger partial charge on any atom is -0.487 e. The van der Waals surface area contributed by atoms with Crippen LogP contribution in [0.4, 0.5) is 14.9 Å². The second-order valence-corrected chi connectivity index (χ2v) is 8.33. The lowest BCUT2D eigenvalue weighted by atomic mass is 9.94. The van der Waals surface area contributed by atoms with Crippen molar-refractivity contribution in [2.45, 2.75) is 38.8 Å². The Morgan fingerprint density at radius 3 is 2.72 bits per heavy atom. The zero-order valence-electron chi connectivity index (χ0n) is 17.1. The molecule has 4 rings (SSSR count). The Labute approximate surface area is 170 Å². The minimum atomic E-state index is -0.331. The molecule has 0 spiro atoms. The molecule has 7 heteroatoms. The average Bonchev–Trinajstić information content (AvgIpc) is 3.02. The van der Waals surface area contributed by atoms with E-state index in [1.165, 1.54) is 11.8 Å². The van der Waals surface area contributed by atoms with Crippen molar-refractivity contribution in [3.8, 4) is 5.75 Å². The fourth-order valence-electron chi connectivity index (χ4n) is 4.16. The number of urea groups is 1. The number of halogens is 1. The summed E-state index contributed by atoms with van der Waals surface area (Å²) < 4.78 is 20.0. The van der Waals surface area contributed by atoms with Gasteiger partial charge in [-0.1, -0.05) is 12.1 Å². The predicted octanol–water partition coefficient (Wildman–Crippen LogP) is 3.53. The third-order valence-electron chi connectivity index (χ3n) is 5.62. The summed E-state index contributed by atoms with van der Waals surface area (Å²) in [6.45, 7) is 8.42. The van der Waals surface area contributed by atoms with Gasteiger partial charge in [0.25, 0.3) is 0 Å². The van der Waals surface area contributed by atoms with Crippen LogP contribution in [0, 0.1) is 5.82 Å². The van der Waals surface area contributed by atoms with Crippen LogP contribution < -0.4 is 15.0 Å². The highest BCUT2D eigenvalue weighted by atomic mass is 19.1. The Morgan fingerprint density at radius 1 is 1.24 bits per heavy atom. The molecule has 0 aliphatic carbocycles. The highest BCUT2D eigenvalue weighted by Crippen LogP contribution is 2.38. The smallest absolute Gasteiger partial charge is 0.317 e. The number of hydrogen-bond acceptors (Lipinski definition) is 4. The average molecular weight is 398 g/mol. The fraction of sp³-hybridized carbons (Fsp3) is 0.455. The summed E-state index contributed by atoms with van der Waals surface area (Å²) in [5, 5.41) is 3.12. The zero-order chi connectivity index (χ0) is 20.6. The number of piperazine rings is 1. The van der Waals surface area contributed by atoms with Crippen molar-refractivity contribution in [3.63, 3.8) is 0 Å². The standard InChI is InChI=1S/C22H27FN4O2/c1-15(16-5-4-6-20-17(16)13-22(2,3)29-20)25-21(28)27-11-9-26(10-12-27)19-7-8-24-14-18(19)23/h4-8,14-15H,9-13H2,1-3H3,(H,25,28)/t15-/m1/s1. The Bertz CT molecular complexity index is 909. The largest absolute Gasteiger partial charge is 0.487 e. The second kappa shape index (κ2) is 7.54. The van der Waals surface area contributed by atoms with Crippen molar-refractivity contribution in [1.29, 1.82) is 0 Å². The van der Waals surface area contributed by atoms with Gasteiger partial charge in [-0.2, -0.15) is 0 Å². The van der Waals surface area contributed by atoms with E-state index < -0.39 is 0 Å². The van der Waals surface area contributed by atoms with Crippen LogP contribution in [0.5, 0.6) is 5.75 Å². The summed E-state index contributed by atoms with van der Waals surface area (Å²) in [5.74, 6) is 0.573. The molecule has 29 heavy (non-hydrogen) atoms. The first-order valence-corrected chi connectivity index (χ1v) is 10.0. The topological polar surface area (TPSA) is 57.7 Å². The van der Waals surface area contributed by atoms with Gasteiger partial charge in [-0.3, -0.25) is 4.98 Å². The summed E-state index contributed by atoms with van der Waals surface area (Å²) in [7, 11) is 0. The maximum absolute atomic E-state index is 13.9. The molecule has 1 aromatic heterocycles. The molecule has 1 atom stereocenters. The van der Waals surface area contributed by atoms with Gasteiger partial charge in [-0.25, -0.2) is 9.18 Å². The molecule has 2 aliphatic heterocycles. The lowest BCUT2D eigenvalue weighted by Gasteiger charge is -2.36. The van der Waals surface area contributed by atoms with Crippen LogP contribution in [-0.2, 0) is 6.42 Å². The summed E-state index contributed by atoms with van der Waals surface area (Å²) in [5.41, 5.74) is 2.58. The van der Waals surface area contributed by atoms with E-state index in [2.05, 4.69) is 30.2 Å². The van der Waals surface area contributed by atoms with E-state index in [4.69, 9.17) is 4.74 Å². The number of amides is 2. The third-order valence-corrected chi connectivity index (χ3v) is 5.62. The third kappa shape index (κ3) is 3.99. The molecule has 2 aromatic rings. The summed E-state index contributed by atoms with van der Waals surface area (Å²) in [4.78, 5) is 20.3. The lowest BCUT2D eigenvalue weighted by Crippen LogP contribution is -2.52. The van der Waals surface area contributed by atoms with Crippen LogP contribution in [0.3, 0.4) is 0 Å². The van der Waals surface area contributed by atoms with Crippen LogP contribution in [0.15, 0.2) is 36.7 Å². The molecule has 1 saturated heterocycles. The first-order chi connectivity index (χ1) is 13.8. The van der Waals surface area contributed by atoms with E-state index in [0.29, 0.717) is 31.9 Å². The normalized spacial score (nSPS) is 18.8. The Kier molecular flexibility index (Phi) is 5.06. The zero-order valence-corrected chi connectivity index (χ0v) is 17.1. The number of rotatable bonds is 3. The van der Waals surface area contributed by atoms with Crippen LogP contribution >= 0.6 is 0 Å². The molecule has 0 saturated carbocycles. The van der Waals surface area contributed by atoms with Crippen molar-refractivity contribution in [3.05, 3.63) is 53.6 Å². The Morgan fingerprint density at radius 2 is 2.00 bits per heavy atom. The Hall–Kier alpha value is -2.83. The summed E-state index contributed by atoms with van der Waals surface area (Å²) >= 11 is 0. The highest BCUT2D eigenvalue weighted by Gasteiger charge is 2.33. The number of carbonyl (C=O) groups excluding carboxylic acids is 1. The van der Waals surface area contributed by atoms with Gasteiger partial charge in [-0.05, 0) is 38.5 Å². The molecular formula is C22H27FN4O2. The van der Waals surface area contributed by atoms with Gasteiger partial charge >= 0.3 is 6.03 Å². The van der Waals surface area contributed by atoms with Gasteiger partial charge in [0.2, 0.25) is 0 Å². The molecular weight excluding hydrogens is 371 g/mol. The summed E-state index contributed by atoms with van der Waals surface area (Å²) in [6.07, 6.45) is 3.64. The van der Waals surface area contributed by atoms with Crippen molar-refractivity contribution in [2.75, 3.05) is 31.1 Å². The quantitative estimate of drug-likeness (QED) is 0.859. The second-order valence-electron chi connectivity index (χ2n) is 8.33. The van der Waals surface area contributed by atoms with Crippen LogP contribution in [0.2, 0.25) is 0 Å². The van der Waals surface area contributed by atoms with Gasteiger partial charge in [0.15, 0.2) is 5.82 Å². The van der Waals surface area contributed by atoms with Crippen LogP contribution in [-0.4, -0.2) is 47.7 Å². The van der Waals surface area contributed by atoms with Crippen LogP contribution in [0.1, 0.15) is 37.9 Å². The lowest BCUT2D eigenvalue weighted by molar-refractivity contribution is 0.138. The molecule has 3 heterocycles. The number of carbonyl (C=O) groups is 1. The van der Waals surface area contributed by atoms with E-state index in [1.54, 1.807) is 17.2 Å². The molecule has 1 N–H and O–H groups in total. The van der Waals surface area contributed by atoms with Gasteiger partial charge < -0.3 is 19.9 Å². The monoisotopic (exact) mass is 398 g/mol. The Balaban J connectivity index is 1.38. The first-order valence-electron chi connectivity index (χ1n) is 10.0. The van der Waals surface area contributed by atoms with Gasteiger partial charge in [0.05, 0.1) is 17.9 Å². The minimum absolute atomic E-state index is 0.0943. The fourth-order valence-corrected chi connectivity index (χ4v) is 4.16. The SMILES string of the molecule is C[C@@H](NC(=O)N1CCN(c2ccncc2F)CC1)c1cccc2c1CC(C)(C)O2. The van der Waals surface area contributed by atoms with Gasteiger partial charge in [0, 0.05) is 44.4 Å². The van der Waals surface area contributed by atoms with Crippen LogP contribution in [0.25, 0.3) is 0 Å². The number of nitrogens with one attached hydrogen (secondary N) is 1. The number of aromatic nitrogens is 1. The number of nitrogens with zero attached hydrogens (tertiary/aromatic N) is 3. The van der Waals surface area contributed by atoms with E-state index in [0.717, 1.165) is 17.7 Å². The van der Waals surface area contributed by atoms with Gasteiger partial charge in [-0.15, -0.1) is 0 Å². The number of pyridine rings is 1.